The Kier molecular flexibility index (Phi) is 5.24. The molecule has 110 valence electrons. The fourth-order valence-electron chi connectivity index (χ4n) is 2.13. The van der Waals surface area contributed by atoms with E-state index < -0.39 is 0 Å². The molecule has 0 aromatic carbocycles. The van der Waals surface area contributed by atoms with Crippen LogP contribution >= 0.6 is 0 Å². The molecule has 0 aliphatic carbocycles. The molecule has 0 fully saturated rings. The molecule has 20 heavy (non-hydrogen) atoms. The average Bonchev–Trinajstić information content (AvgIpc) is 3.07. The van der Waals surface area contributed by atoms with Crippen molar-refractivity contribution in [1.82, 2.24) is 14.7 Å². The van der Waals surface area contributed by atoms with E-state index in [1.54, 1.807) is 6.26 Å². The van der Waals surface area contributed by atoms with Crippen LogP contribution in [0, 0.1) is 6.92 Å². The zero-order chi connectivity index (χ0) is 14.4. The maximum absolute atomic E-state index is 5.40. The summed E-state index contributed by atoms with van der Waals surface area (Å²) in [5.41, 5.74) is 2.20. The van der Waals surface area contributed by atoms with E-state index in [1.807, 2.05) is 30.1 Å². The zero-order valence-corrected chi connectivity index (χ0v) is 12.6. The van der Waals surface area contributed by atoms with Crippen molar-refractivity contribution in [3.05, 3.63) is 36.0 Å². The van der Waals surface area contributed by atoms with E-state index in [-0.39, 0.29) is 0 Å². The van der Waals surface area contributed by atoms with Gasteiger partial charge in [0.2, 0.25) is 0 Å². The van der Waals surface area contributed by atoms with Crippen LogP contribution in [0.4, 0.5) is 5.69 Å². The predicted molar refractivity (Wildman–Crippen MR) is 80.8 cm³/mol. The number of nitrogens with one attached hydrogen (secondary N) is 1. The van der Waals surface area contributed by atoms with Crippen LogP contribution in [0.2, 0.25) is 0 Å². The van der Waals surface area contributed by atoms with E-state index in [2.05, 4.69) is 29.2 Å². The Balaban J connectivity index is 1.81. The maximum Gasteiger partial charge on any atom is 0.125 e. The molecule has 5 heteroatoms. The molecular formula is C15H24N4O. The maximum atomic E-state index is 5.40. The molecule has 0 amide bonds. The lowest BCUT2D eigenvalue weighted by atomic mass is 10.3. The SMILES string of the molecule is CCN(CC)CCn1cc(NCc2occc2C)cn1. The summed E-state index contributed by atoms with van der Waals surface area (Å²) in [6.45, 7) is 11.2. The van der Waals surface area contributed by atoms with Crippen LogP contribution in [-0.2, 0) is 13.1 Å². The van der Waals surface area contributed by atoms with Gasteiger partial charge in [0.15, 0.2) is 0 Å². The highest BCUT2D eigenvalue weighted by atomic mass is 16.3. The molecule has 0 unspecified atom stereocenters. The van der Waals surface area contributed by atoms with Crippen molar-refractivity contribution in [2.45, 2.75) is 33.9 Å². The Morgan fingerprint density at radius 1 is 1.35 bits per heavy atom. The molecule has 0 saturated carbocycles. The monoisotopic (exact) mass is 276 g/mol. The molecule has 0 aliphatic rings. The number of hydrogen-bond acceptors (Lipinski definition) is 4. The summed E-state index contributed by atoms with van der Waals surface area (Å²) in [7, 11) is 0. The number of aryl methyl sites for hydroxylation is 1. The molecule has 2 heterocycles. The minimum atomic E-state index is 0.695. The van der Waals surface area contributed by atoms with Crippen molar-refractivity contribution in [1.29, 1.82) is 0 Å². The highest BCUT2D eigenvalue weighted by Crippen LogP contribution is 2.12. The smallest absolute Gasteiger partial charge is 0.125 e. The Morgan fingerprint density at radius 2 is 2.15 bits per heavy atom. The van der Waals surface area contributed by atoms with E-state index in [9.17, 15) is 0 Å². The standard InChI is InChI=1S/C15H24N4O/c1-4-18(5-2)7-8-19-12-14(10-17-19)16-11-15-13(3)6-9-20-15/h6,9-10,12,16H,4-5,7-8,11H2,1-3H3. The fourth-order valence-corrected chi connectivity index (χ4v) is 2.13. The van der Waals surface area contributed by atoms with Crippen LogP contribution in [0.5, 0.6) is 0 Å². The molecule has 0 aliphatic heterocycles. The second-order valence-electron chi connectivity index (χ2n) is 4.90. The quantitative estimate of drug-likeness (QED) is 0.805. The largest absolute Gasteiger partial charge is 0.467 e. The Hall–Kier alpha value is -1.75. The first-order valence-corrected chi connectivity index (χ1v) is 7.24. The molecule has 2 aromatic heterocycles. The topological polar surface area (TPSA) is 46.2 Å². The lowest BCUT2D eigenvalue weighted by molar-refractivity contribution is 0.285. The molecule has 2 rings (SSSR count). The fraction of sp³-hybridized carbons (Fsp3) is 0.533. The van der Waals surface area contributed by atoms with Crippen LogP contribution < -0.4 is 5.32 Å². The predicted octanol–water partition coefficient (Wildman–Crippen LogP) is 2.74. The van der Waals surface area contributed by atoms with Gasteiger partial charge in [-0.15, -0.1) is 0 Å². The van der Waals surface area contributed by atoms with Gasteiger partial charge in [0, 0.05) is 12.7 Å². The molecule has 2 aromatic rings. The van der Waals surface area contributed by atoms with Crippen LogP contribution in [0.15, 0.2) is 29.1 Å². The zero-order valence-electron chi connectivity index (χ0n) is 12.6. The normalized spacial score (nSPS) is 11.2. The van der Waals surface area contributed by atoms with Gasteiger partial charge in [-0.3, -0.25) is 4.68 Å². The molecule has 0 saturated heterocycles. The first-order chi connectivity index (χ1) is 9.72. The molecule has 1 N–H and O–H groups in total. The Labute approximate surface area is 120 Å². The van der Waals surface area contributed by atoms with E-state index in [0.29, 0.717) is 6.54 Å². The Morgan fingerprint density at radius 3 is 2.80 bits per heavy atom. The lowest BCUT2D eigenvalue weighted by Gasteiger charge is -2.17. The lowest BCUT2D eigenvalue weighted by Crippen LogP contribution is -2.27. The van der Waals surface area contributed by atoms with Crippen molar-refractivity contribution in [2.75, 3.05) is 25.0 Å². The summed E-state index contributed by atoms with van der Waals surface area (Å²) in [5, 5.41) is 7.71. The third-order valence-electron chi connectivity index (χ3n) is 3.59. The minimum absolute atomic E-state index is 0.695. The van der Waals surface area contributed by atoms with Gasteiger partial charge in [0.25, 0.3) is 0 Å². The number of rotatable bonds is 8. The number of anilines is 1. The first-order valence-electron chi connectivity index (χ1n) is 7.24. The van der Waals surface area contributed by atoms with E-state index in [1.165, 1.54) is 5.56 Å². The van der Waals surface area contributed by atoms with Gasteiger partial charge in [0.1, 0.15) is 5.76 Å². The third-order valence-corrected chi connectivity index (χ3v) is 3.59. The molecule has 0 atom stereocenters. The molecule has 0 bridgehead atoms. The number of furan rings is 1. The van der Waals surface area contributed by atoms with Crippen molar-refractivity contribution in [3.63, 3.8) is 0 Å². The highest BCUT2D eigenvalue weighted by Gasteiger charge is 2.04. The average molecular weight is 276 g/mol. The number of nitrogens with zero attached hydrogens (tertiary/aromatic N) is 3. The van der Waals surface area contributed by atoms with Crippen molar-refractivity contribution < 1.29 is 4.42 Å². The molecule has 5 nitrogen and oxygen atoms in total. The van der Waals surface area contributed by atoms with Gasteiger partial charge in [0.05, 0.1) is 31.2 Å². The summed E-state index contributed by atoms with van der Waals surface area (Å²) in [5.74, 6) is 0.973. The van der Waals surface area contributed by atoms with Gasteiger partial charge in [-0.05, 0) is 31.6 Å². The van der Waals surface area contributed by atoms with E-state index >= 15 is 0 Å². The van der Waals surface area contributed by atoms with Gasteiger partial charge >= 0.3 is 0 Å². The van der Waals surface area contributed by atoms with Crippen LogP contribution in [0.3, 0.4) is 0 Å². The number of hydrogen-bond donors (Lipinski definition) is 1. The van der Waals surface area contributed by atoms with Gasteiger partial charge in [-0.25, -0.2) is 0 Å². The van der Waals surface area contributed by atoms with E-state index in [0.717, 1.165) is 37.6 Å². The van der Waals surface area contributed by atoms with Crippen LogP contribution in [-0.4, -0.2) is 34.3 Å². The van der Waals surface area contributed by atoms with Gasteiger partial charge in [-0.2, -0.15) is 5.10 Å². The first kappa shape index (κ1) is 14.7. The second kappa shape index (κ2) is 7.14. The van der Waals surface area contributed by atoms with Crippen molar-refractivity contribution in [2.24, 2.45) is 0 Å². The van der Waals surface area contributed by atoms with Crippen LogP contribution in [0.25, 0.3) is 0 Å². The van der Waals surface area contributed by atoms with Gasteiger partial charge < -0.3 is 14.6 Å². The summed E-state index contributed by atoms with van der Waals surface area (Å²) < 4.78 is 7.39. The summed E-state index contributed by atoms with van der Waals surface area (Å²) in [4.78, 5) is 2.39. The van der Waals surface area contributed by atoms with Crippen LogP contribution in [0.1, 0.15) is 25.2 Å². The summed E-state index contributed by atoms with van der Waals surface area (Å²) in [6.07, 6.45) is 5.63. The minimum Gasteiger partial charge on any atom is -0.467 e. The van der Waals surface area contributed by atoms with E-state index in [4.69, 9.17) is 4.42 Å². The third kappa shape index (κ3) is 3.87. The number of likely N-dealkylation sites (N-methyl/N-ethyl adjacent to an activating group) is 1. The summed E-state index contributed by atoms with van der Waals surface area (Å²) >= 11 is 0. The summed E-state index contributed by atoms with van der Waals surface area (Å²) in [6, 6.07) is 1.98. The van der Waals surface area contributed by atoms with Crippen molar-refractivity contribution in [3.8, 4) is 0 Å². The Bertz CT molecular complexity index is 513. The highest BCUT2D eigenvalue weighted by molar-refractivity contribution is 5.38. The molecule has 0 spiro atoms. The van der Waals surface area contributed by atoms with Crippen molar-refractivity contribution >= 4 is 5.69 Å². The number of aromatic nitrogens is 2. The van der Waals surface area contributed by atoms with Gasteiger partial charge in [-0.1, -0.05) is 13.8 Å². The molecular weight excluding hydrogens is 252 g/mol. The second-order valence-corrected chi connectivity index (χ2v) is 4.90. The molecule has 0 radical (unpaired) electrons.